The van der Waals surface area contributed by atoms with E-state index in [1.54, 1.807) is 12.4 Å². The van der Waals surface area contributed by atoms with E-state index in [2.05, 4.69) is 41.5 Å². The number of nitrogens with one attached hydrogen (secondary N) is 1. The van der Waals surface area contributed by atoms with Crippen molar-refractivity contribution in [3.63, 3.8) is 0 Å². The molecule has 0 radical (unpaired) electrons. The molecule has 1 aromatic carbocycles. The normalized spacial score (nSPS) is 22.5. The van der Waals surface area contributed by atoms with Gasteiger partial charge in [-0.2, -0.15) is 0 Å². The number of rotatable bonds is 4. The van der Waals surface area contributed by atoms with Crippen LogP contribution >= 0.6 is 0 Å². The molecule has 1 aromatic heterocycles. The molecule has 3 atom stereocenters. The highest BCUT2D eigenvalue weighted by Gasteiger charge is 2.28. The van der Waals surface area contributed by atoms with Gasteiger partial charge in [-0.15, -0.1) is 0 Å². The van der Waals surface area contributed by atoms with Gasteiger partial charge in [-0.25, -0.2) is 0 Å². The first-order valence-electron chi connectivity index (χ1n) is 7.15. The Balaban J connectivity index is 1.67. The number of benzene rings is 1. The lowest BCUT2D eigenvalue weighted by Gasteiger charge is -2.21. The third-order valence-electron chi connectivity index (χ3n) is 4.12. The highest BCUT2D eigenvalue weighted by Crippen LogP contribution is 2.35. The van der Waals surface area contributed by atoms with Crippen LogP contribution in [0.2, 0.25) is 0 Å². The van der Waals surface area contributed by atoms with E-state index in [9.17, 15) is 5.11 Å². The summed E-state index contributed by atoms with van der Waals surface area (Å²) >= 11 is 0. The molecule has 0 saturated carbocycles. The van der Waals surface area contributed by atoms with Crippen molar-refractivity contribution < 1.29 is 5.11 Å². The molecular formula is C17H20N2O. The van der Waals surface area contributed by atoms with E-state index >= 15 is 0 Å². The molecule has 0 aliphatic heterocycles. The molecule has 20 heavy (non-hydrogen) atoms. The van der Waals surface area contributed by atoms with Gasteiger partial charge in [0.15, 0.2) is 0 Å². The Morgan fingerprint density at radius 2 is 2.00 bits per heavy atom. The topological polar surface area (TPSA) is 45.1 Å². The van der Waals surface area contributed by atoms with Crippen LogP contribution in [0.4, 0.5) is 0 Å². The first kappa shape index (κ1) is 13.3. The van der Waals surface area contributed by atoms with Crippen molar-refractivity contribution in [3.8, 4) is 0 Å². The molecule has 0 saturated heterocycles. The number of aliphatic hydroxyl groups excluding tert-OH is 1. The maximum Gasteiger partial charge on any atom is 0.0915 e. The van der Waals surface area contributed by atoms with Gasteiger partial charge in [0, 0.05) is 25.0 Å². The molecule has 3 heteroatoms. The number of aliphatic hydroxyl groups is 1. The molecule has 3 unspecified atom stereocenters. The Morgan fingerprint density at radius 3 is 2.80 bits per heavy atom. The quantitative estimate of drug-likeness (QED) is 0.896. The van der Waals surface area contributed by atoms with E-state index in [1.807, 2.05) is 12.1 Å². The minimum Gasteiger partial charge on any atom is -0.387 e. The first-order chi connectivity index (χ1) is 9.75. The lowest BCUT2D eigenvalue weighted by Crippen LogP contribution is -2.28. The summed E-state index contributed by atoms with van der Waals surface area (Å²) in [4.78, 5) is 3.98. The summed E-state index contributed by atoms with van der Waals surface area (Å²) in [6.45, 7) is 2.82. The molecule has 2 aromatic rings. The van der Waals surface area contributed by atoms with Crippen LogP contribution in [0, 0.1) is 5.92 Å². The molecule has 2 N–H and O–H groups in total. The highest BCUT2D eigenvalue weighted by molar-refractivity contribution is 5.35. The second-order valence-corrected chi connectivity index (χ2v) is 5.56. The van der Waals surface area contributed by atoms with Crippen LogP contribution in [0.3, 0.4) is 0 Å². The summed E-state index contributed by atoms with van der Waals surface area (Å²) in [7, 11) is 0. The van der Waals surface area contributed by atoms with Crippen molar-refractivity contribution in [2.45, 2.75) is 25.5 Å². The molecule has 1 aliphatic rings. The molecule has 0 amide bonds. The molecule has 104 valence electrons. The summed E-state index contributed by atoms with van der Waals surface area (Å²) in [5, 5.41) is 13.7. The van der Waals surface area contributed by atoms with Crippen molar-refractivity contribution in [2.75, 3.05) is 6.54 Å². The van der Waals surface area contributed by atoms with Crippen molar-refractivity contribution in [1.29, 1.82) is 0 Å². The summed E-state index contributed by atoms with van der Waals surface area (Å²) in [6.07, 6.45) is 4.05. The van der Waals surface area contributed by atoms with Crippen LogP contribution in [-0.2, 0) is 6.42 Å². The van der Waals surface area contributed by atoms with Gasteiger partial charge in [-0.3, -0.25) is 4.98 Å². The van der Waals surface area contributed by atoms with Crippen molar-refractivity contribution >= 4 is 0 Å². The number of hydrogen-bond donors (Lipinski definition) is 2. The summed E-state index contributed by atoms with van der Waals surface area (Å²) in [6, 6.07) is 12.6. The van der Waals surface area contributed by atoms with Gasteiger partial charge in [-0.1, -0.05) is 31.2 Å². The first-order valence-corrected chi connectivity index (χ1v) is 7.15. The largest absolute Gasteiger partial charge is 0.387 e. The standard InChI is InChI=1S/C17H20N2O/c1-12-10-14-4-2-3-5-15(14)17(12)19-11-16(20)13-6-8-18-9-7-13/h2-9,12,16-17,19-20H,10-11H2,1H3. The van der Waals surface area contributed by atoms with Crippen LogP contribution < -0.4 is 5.32 Å². The fourth-order valence-corrected chi connectivity index (χ4v) is 3.05. The second-order valence-electron chi connectivity index (χ2n) is 5.56. The minimum absolute atomic E-state index is 0.336. The van der Waals surface area contributed by atoms with E-state index in [0.717, 1.165) is 12.0 Å². The number of hydrogen-bond acceptors (Lipinski definition) is 3. The maximum atomic E-state index is 10.2. The molecular weight excluding hydrogens is 248 g/mol. The third-order valence-corrected chi connectivity index (χ3v) is 4.12. The highest BCUT2D eigenvalue weighted by atomic mass is 16.3. The van der Waals surface area contributed by atoms with Gasteiger partial charge in [0.2, 0.25) is 0 Å². The zero-order valence-corrected chi connectivity index (χ0v) is 11.7. The fraction of sp³-hybridized carbons (Fsp3) is 0.353. The van der Waals surface area contributed by atoms with Crippen molar-refractivity contribution in [1.82, 2.24) is 10.3 Å². The molecule has 1 aliphatic carbocycles. The third kappa shape index (κ3) is 2.60. The predicted molar refractivity (Wildman–Crippen MR) is 79.3 cm³/mol. The molecule has 3 nitrogen and oxygen atoms in total. The lowest BCUT2D eigenvalue weighted by atomic mass is 10.0. The number of aromatic nitrogens is 1. The van der Waals surface area contributed by atoms with Crippen molar-refractivity contribution in [2.24, 2.45) is 5.92 Å². The summed E-state index contributed by atoms with van der Waals surface area (Å²) in [5.41, 5.74) is 3.71. The van der Waals surface area contributed by atoms with Gasteiger partial charge in [0.25, 0.3) is 0 Å². The lowest BCUT2D eigenvalue weighted by molar-refractivity contribution is 0.166. The number of nitrogens with zero attached hydrogens (tertiary/aromatic N) is 1. The maximum absolute atomic E-state index is 10.2. The molecule has 1 heterocycles. The average Bonchev–Trinajstić information content (AvgIpc) is 2.81. The zero-order valence-electron chi connectivity index (χ0n) is 11.7. The van der Waals surface area contributed by atoms with Gasteiger partial charge in [-0.05, 0) is 41.2 Å². The Kier molecular flexibility index (Phi) is 3.81. The molecule has 0 bridgehead atoms. The minimum atomic E-state index is -0.488. The number of pyridine rings is 1. The predicted octanol–water partition coefficient (Wildman–Crippen LogP) is 2.64. The molecule has 0 fully saturated rings. The Labute approximate surface area is 119 Å². The Hall–Kier alpha value is -1.71. The van der Waals surface area contributed by atoms with Gasteiger partial charge < -0.3 is 10.4 Å². The van der Waals surface area contributed by atoms with Gasteiger partial charge in [0.05, 0.1) is 6.10 Å². The fourth-order valence-electron chi connectivity index (χ4n) is 3.05. The van der Waals surface area contributed by atoms with E-state index in [-0.39, 0.29) is 0 Å². The van der Waals surface area contributed by atoms with Crippen LogP contribution in [0.25, 0.3) is 0 Å². The SMILES string of the molecule is CC1Cc2ccccc2C1NCC(O)c1ccncc1. The zero-order chi connectivity index (χ0) is 13.9. The van der Waals surface area contributed by atoms with Crippen molar-refractivity contribution in [3.05, 3.63) is 65.5 Å². The van der Waals surface area contributed by atoms with Crippen LogP contribution in [0.1, 0.15) is 35.8 Å². The number of fused-ring (bicyclic) bond motifs is 1. The summed E-state index contributed by atoms with van der Waals surface area (Å²) < 4.78 is 0. The Bertz CT molecular complexity index is 570. The van der Waals surface area contributed by atoms with Crippen LogP contribution in [0.15, 0.2) is 48.8 Å². The van der Waals surface area contributed by atoms with Crippen LogP contribution in [0.5, 0.6) is 0 Å². The monoisotopic (exact) mass is 268 g/mol. The van der Waals surface area contributed by atoms with E-state index in [0.29, 0.717) is 18.5 Å². The average molecular weight is 268 g/mol. The van der Waals surface area contributed by atoms with E-state index < -0.39 is 6.10 Å². The molecule has 3 rings (SSSR count). The summed E-state index contributed by atoms with van der Waals surface area (Å²) in [5.74, 6) is 0.567. The van der Waals surface area contributed by atoms with E-state index in [1.165, 1.54) is 11.1 Å². The Morgan fingerprint density at radius 1 is 1.25 bits per heavy atom. The second kappa shape index (κ2) is 5.73. The van der Waals surface area contributed by atoms with Crippen LogP contribution in [-0.4, -0.2) is 16.6 Å². The van der Waals surface area contributed by atoms with E-state index in [4.69, 9.17) is 0 Å². The van der Waals surface area contributed by atoms with Gasteiger partial charge >= 0.3 is 0 Å². The molecule has 0 spiro atoms. The van der Waals surface area contributed by atoms with Gasteiger partial charge in [0.1, 0.15) is 0 Å². The smallest absolute Gasteiger partial charge is 0.0915 e.